The Bertz CT molecular complexity index is 1250. The molecule has 0 radical (unpaired) electrons. The number of rotatable bonds is 14. The minimum atomic E-state index is -1.13. The van der Waals surface area contributed by atoms with E-state index in [1.165, 1.54) is 0 Å². The molecule has 0 bridgehead atoms. The van der Waals surface area contributed by atoms with Crippen LogP contribution in [0.15, 0.2) is 82.3 Å². The number of aliphatic hydroxyl groups is 1. The summed E-state index contributed by atoms with van der Waals surface area (Å²) in [5.74, 6) is 1.69. The van der Waals surface area contributed by atoms with Gasteiger partial charge in [0, 0.05) is 36.0 Å². The molecule has 0 saturated carbocycles. The molecule has 3 aromatic rings. The fourth-order valence-corrected chi connectivity index (χ4v) is 4.50. The van der Waals surface area contributed by atoms with E-state index in [1.807, 2.05) is 79.7 Å². The molecule has 206 valence electrons. The number of para-hydroxylation sites is 1. The Morgan fingerprint density at radius 3 is 2.59 bits per heavy atom. The van der Waals surface area contributed by atoms with Crippen molar-refractivity contribution in [1.82, 2.24) is 10.9 Å². The number of ether oxygens (including phenoxy) is 3. The van der Waals surface area contributed by atoms with Crippen LogP contribution in [0, 0.1) is 0 Å². The van der Waals surface area contributed by atoms with Crippen molar-refractivity contribution >= 4 is 27.7 Å². The third-order valence-electron chi connectivity index (χ3n) is 6.26. The number of nitrogens with one attached hydrogen (secondary N) is 2. The van der Waals surface area contributed by atoms with Crippen molar-refractivity contribution in [3.63, 3.8) is 0 Å². The van der Waals surface area contributed by atoms with E-state index in [-0.39, 0.29) is 19.1 Å². The summed E-state index contributed by atoms with van der Waals surface area (Å²) in [4.78, 5) is 18.4. The molecule has 8 nitrogen and oxygen atoms in total. The van der Waals surface area contributed by atoms with Crippen molar-refractivity contribution in [1.29, 1.82) is 0 Å². The molecule has 0 fully saturated rings. The maximum absolute atomic E-state index is 13.6. The van der Waals surface area contributed by atoms with Gasteiger partial charge in [-0.2, -0.15) is 0 Å². The summed E-state index contributed by atoms with van der Waals surface area (Å²) < 4.78 is 18.3. The molecule has 0 saturated heterocycles. The molecule has 3 N–H and O–H groups in total. The summed E-state index contributed by atoms with van der Waals surface area (Å²) in [6.45, 7) is 3.72. The molecule has 9 heteroatoms. The number of amides is 1. The van der Waals surface area contributed by atoms with Crippen LogP contribution in [0.25, 0.3) is 0 Å². The van der Waals surface area contributed by atoms with Crippen LogP contribution in [0.1, 0.15) is 30.0 Å². The lowest BCUT2D eigenvalue weighted by Crippen LogP contribution is -2.53. The standard InChI is InChI=1S/C30H34BrN3O5/c1-2-37-27-7-4-3-6-23(27)16-17-32-34-29(36)30(20-22-8-12-25(31)13-9-22)21-39-28(33-30)24-10-14-26(15-11-24)38-19-5-18-35/h3-4,6-15,32,35H,2,5,16-21H2,1H3,(H,34,36)/t30-/m0/s1. The van der Waals surface area contributed by atoms with Crippen LogP contribution in [0.2, 0.25) is 0 Å². The first-order chi connectivity index (χ1) is 19.0. The summed E-state index contributed by atoms with van der Waals surface area (Å²) in [5.41, 5.74) is 7.60. The van der Waals surface area contributed by atoms with Gasteiger partial charge in [-0.15, -0.1) is 0 Å². The van der Waals surface area contributed by atoms with E-state index in [0.717, 1.165) is 26.9 Å². The molecule has 3 aromatic carbocycles. The smallest absolute Gasteiger partial charge is 0.266 e. The lowest BCUT2D eigenvalue weighted by atomic mass is 9.91. The van der Waals surface area contributed by atoms with Crippen LogP contribution in [-0.4, -0.2) is 55.4 Å². The number of hydrazine groups is 1. The Morgan fingerprint density at radius 1 is 1.08 bits per heavy atom. The van der Waals surface area contributed by atoms with E-state index in [0.29, 0.717) is 50.7 Å². The SMILES string of the molecule is CCOc1ccccc1CCNNC(=O)[C@]1(Cc2ccc(Br)cc2)COC(c2ccc(OCCCO)cc2)=N1. The molecule has 1 amide bonds. The minimum absolute atomic E-state index is 0.0840. The lowest BCUT2D eigenvalue weighted by Gasteiger charge is -2.23. The van der Waals surface area contributed by atoms with Gasteiger partial charge in [0.25, 0.3) is 5.91 Å². The average molecular weight is 597 g/mol. The fourth-order valence-electron chi connectivity index (χ4n) is 4.23. The Labute approximate surface area is 237 Å². The predicted octanol–water partition coefficient (Wildman–Crippen LogP) is 4.23. The number of carbonyl (C=O) groups excluding carboxylic acids is 1. The van der Waals surface area contributed by atoms with Crippen molar-refractivity contribution in [3.05, 3.63) is 94.0 Å². The zero-order valence-electron chi connectivity index (χ0n) is 22.0. The van der Waals surface area contributed by atoms with Crippen LogP contribution in [0.3, 0.4) is 0 Å². The molecule has 1 aliphatic heterocycles. The van der Waals surface area contributed by atoms with Gasteiger partial charge in [-0.05, 0) is 66.9 Å². The Hall–Kier alpha value is -3.40. The third kappa shape index (κ3) is 7.81. The first kappa shape index (κ1) is 28.6. The zero-order chi connectivity index (χ0) is 27.5. The number of aliphatic imine (C=N–C) groups is 1. The molecule has 1 heterocycles. The fraction of sp³-hybridized carbons (Fsp3) is 0.333. The number of nitrogens with zero attached hydrogens (tertiary/aromatic N) is 1. The third-order valence-corrected chi connectivity index (χ3v) is 6.79. The van der Waals surface area contributed by atoms with E-state index in [9.17, 15) is 4.79 Å². The van der Waals surface area contributed by atoms with Gasteiger partial charge in [0.15, 0.2) is 5.54 Å². The summed E-state index contributed by atoms with van der Waals surface area (Å²) in [6, 6.07) is 23.1. The second-order valence-corrected chi connectivity index (χ2v) is 10.1. The first-order valence-corrected chi connectivity index (χ1v) is 13.9. The Balaban J connectivity index is 1.46. The van der Waals surface area contributed by atoms with Crippen LogP contribution in [0.5, 0.6) is 11.5 Å². The molecule has 1 atom stereocenters. The van der Waals surface area contributed by atoms with Crippen molar-refractivity contribution in [3.8, 4) is 11.5 Å². The average Bonchev–Trinajstić information content (AvgIpc) is 3.39. The molecule has 39 heavy (non-hydrogen) atoms. The zero-order valence-corrected chi connectivity index (χ0v) is 23.6. The van der Waals surface area contributed by atoms with E-state index < -0.39 is 5.54 Å². The van der Waals surface area contributed by atoms with Gasteiger partial charge in [0.2, 0.25) is 5.90 Å². The van der Waals surface area contributed by atoms with Crippen molar-refractivity contribution < 1.29 is 24.1 Å². The maximum Gasteiger partial charge on any atom is 0.266 e. The van der Waals surface area contributed by atoms with Crippen molar-refractivity contribution in [2.45, 2.75) is 31.7 Å². The van der Waals surface area contributed by atoms with Gasteiger partial charge in [-0.25, -0.2) is 10.4 Å². The maximum atomic E-state index is 13.6. The molecule has 0 unspecified atom stereocenters. The van der Waals surface area contributed by atoms with Crippen LogP contribution in [0.4, 0.5) is 0 Å². The number of carbonyl (C=O) groups is 1. The molecule has 0 aliphatic carbocycles. The van der Waals surface area contributed by atoms with Crippen LogP contribution in [-0.2, 0) is 22.4 Å². The predicted molar refractivity (Wildman–Crippen MR) is 154 cm³/mol. The van der Waals surface area contributed by atoms with E-state index in [2.05, 4.69) is 26.8 Å². The van der Waals surface area contributed by atoms with Crippen LogP contribution >= 0.6 is 15.9 Å². The van der Waals surface area contributed by atoms with E-state index in [1.54, 1.807) is 0 Å². The Kier molecular flexibility index (Phi) is 10.4. The highest BCUT2D eigenvalue weighted by Gasteiger charge is 2.44. The lowest BCUT2D eigenvalue weighted by molar-refractivity contribution is -0.127. The number of aliphatic hydroxyl groups excluding tert-OH is 1. The molecule has 0 aromatic heterocycles. The van der Waals surface area contributed by atoms with Gasteiger partial charge in [0.05, 0.1) is 13.2 Å². The van der Waals surface area contributed by atoms with Crippen LogP contribution < -0.4 is 20.3 Å². The summed E-state index contributed by atoms with van der Waals surface area (Å²) in [5, 5.41) is 8.94. The molecular formula is C30H34BrN3O5. The van der Waals surface area contributed by atoms with Gasteiger partial charge >= 0.3 is 0 Å². The number of halogens is 1. The molecule has 4 rings (SSSR count). The van der Waals surface area contributed by atoms with Gasteiger partial charge < -0.3 is 19.3 Å². The molecule has 1 aliphatic rings. The summed E-state index contributed by atoms with van der Waals surface area (Å²) in [6.07, 6.45) is 1.64. The quantitative estimate of drug-likeness (QED) is 0.190. The van der Waals surface area contributed by atoms with Gasteiger partial charge in [-0.3, -0.25) is 10.2 Å². The highest BCUT2D eigenvalue weighted by molar-refractivity contribution is 9.10. The largest absolute Gasteiger partial charge is 0.494 e. The van der Waals surface area contributed by atoms with Crippen molar-refractivity contribution in [2.75, 3.05) is 33.0 Å². The summed E-state index contributed by atoms with van der Waals surface area (Å²) in [7, 11) is 0. The molecular weight excluding hydrogens is 562 g/mol. The monoisotopic (exact) mass is 595 g/mol. The van der Waals surface area contributed by atoms with Gasteiger partial charge in [-0.1, -0.05) is 46.3 Å². The number of hydrogen-bond donors (Lipinski definition) is 3. The first-order valence-electron chi connectivity index (χ1n) is 13.1. The second kappa shape index (κ2) is 14.1. The molecule has 0 spiro atoms. The number of hydrogen-bond acceptors (Lipinski definition) is 7. The summed E-state index contributed by atoms with van der Waals surface area (Å²) >= 11 is 3.47. The van der Waals surface area contributed by atoms with E-state index in [4.69, 9.17) is 24.3 Å². The van der Waals surface area contributed by atoms with E-state index >= 15 is 0 Å². The highest BCUT2D eigenvalue weighted by Crippen LogP contribution is 2.28. The van der Waals surface area contributed by atoms with Gasteiger partial charge in [0.1, 0.15) is 18.1 Å². The van der Waals surface area contributed by atoms with Crippen molar-refractivity contribution in [2.24, 2.45) is 4.99 Å². The minimum Gasteiger partial charge on any atom is -0.494 e. The Morgan fingerprint density at radius 2 is 1.85 bits per heavy atom. The topological polar surface area (TPSA) is 101 Å². The number of benzene rings is 3. The normalized spacial score (nSPS) is 16.3. The highest BCUT2D eigenvalue weighted by atomic mass is 79.9. The second-order valence-electron chi connectivity index (χ2n) is 9.16.